The van der Waals surface area contributed by atoms with E-state index in [4.69, 9.17) is 5.73 Å². The maximum absolute atomic E-state index is 12.7. The van der Waals surface area contributed by atoms with Crippen molar-refractivity contribution in [2.45, 2.75) is 11.4 Å². The van der Waals surface area contributed by atoms with Gasteiger partial charge in [-0.3, -0.25) is 4.72 Å². The number of rotatable bonds is 4. The van der Waals surface area contributed by atoms with Gasteiger partial charge in [-0.25, -0.2) is 12.8 Å². The van der Waals surface area contributed by atoms with Crippen molar-refractivity contribution in [3.8, 4) is 0 Å². The lowest BCUT2D eigenvalue weighted by Gasteiger charge is -2.03. The van der Waals surface area contributed by atoms with E-state index in [2.05, 4.69) is 14.9 Å². The van der Waals surface area contributed by atoms with Crippen LogP contribution in [0.15, 0.2) is 29.2 Å². The van der Waals surface area contributed by atoms with Crippen LogP contribution in [-0.2, 0) is 16.6 Å². The van der Waals surface area contributed by atoms with Gasteiger partial charge in [0.2, 0.25) is 5.13 Å². The Morgan fingerprint density at radius 3 is 2.50 bits per heavy atom. The highest BCUT2D eigenvalue weighted by atomic mass is 32.2. The molecule has 2 rings (SSSR count). The molecule has 3 N–H and O–H groups in total. The number of hydrogen-bond acceptors (Lipinski definition) is 6. The number of benzene rings is 1. The number of hydrogen-bond donors (Lipinski definition) is 2. The van der Waals surface area contributed by atoms with E-state index in [1.807, 2.05) is 0 Å². The smallest absolute Gasteiger partial charge is 0.263 e. The highest BCUT2D eigenvalue weighted by Gasteiger charge is 2.16. The summed E-state index contributed by atoms with van der Waals surface area (Å²) in [5.41, 5.74) is 5.34. The maximum Gasteiger partial charge on any atom is 0.263 e. The van der Waals surface area contributed by atoms with Gasteiger partial charge in [0.05, 0.1) is 4.90 Å². The van der Waals surface area contributed by atoms with Crippen LogP contribution < -0.4 is 10.5 Å². The molecule has 0 spiro atoms. The fourth-order valence-electron chi connectivity index (χ4n) is 1.16. The third-order valence-corrected chi connectivity index (χ3v) is 4.33. The van der Waals surface area contributed by atoms with Crippen LogP contribution in [0.2, 0.25) is 0 Å². The Morgan fingerprint density at radius 1 is 1.28 bits per heavy atom. The quantitative estimate of drug-likeness (QED) is 0.872. The molecule has 0 atom stereocenters. The van der Waals surface area contributed by atoms with Gasteiger partial charge in [-0.2, -0.15) is 0 Å². The van der Waals surface area contributed by atoms with Gasteiger partial charge in [0.1, 0.15) is 10.8 Å². The average molecular weight is 288 g/mol. The van der Waals surface area contributed by atoms with Gasteiger partial charge in [-0.1, -0.05) is 11.3 Å². The molecule has 9 heteroatoms. The number of nitrogens with one attached hydrogen (secondary N) is 1. The zero-order valence-electron chi connectivity index (χ0n) is 9.00. The maximum atomic E-state index is 12.7. The van der Waals surface area contributed by atoms with Gasteiger partial charge >= 0.3 is 0 Å². The molecule has 0 saturated heterocycles. The first kappa shape index (κ1) is 12.9. The van der Waals surface area contributed by atoms with E-state index in [0.717, 1.165) is 23.5 Å². The summed E-state index contributed by atoms with van der Waals surface area (Å²) in [6, 6.07) is 4.48. The fourth-order valence-corrected chi connectivity index (χ4v) is 3.01. The Balaban J connectivity index is 2.24. The molecule has 1 heterocycles. The third-order valence-electron chi connectivity index (χ3n) is 1.99. The molecule has 0 fully saturated rings. The highest BCUT2D eigenvalue weighted by Crippen LogP contribution is 2.19. The predicted octanol–water partition coefficient (Wildman–Crippen LogP) is 0.937. The zero-order valence-corrected chi connectivity index (χ0v) is 10.6. The molecule has 18 heavy (non-hydrogen) atoms. The first-order valence-corrected chi connectivity index (χ1v) is 7.12. The molecule has 0 aliphatic carbocycles. The number of nitrogens with two attached hydrogens (primary N) is 1. The first-order valence-electron chi connectivity index (χ1n) is 4.82. The van der Waals surface area contributed by atoms with Crippen molar-refractivity contribution in [1.29, 1.82) is 0 Å². The van der Waals surface area contributed by atoms with Gasteiger partial charge in [0, 0.05) is 6.54 Å². The zero-order chi connectivity index (χ0) is 13.2. The molecular formula is C9H9FN4O2S2. The minimum Gasteiger partial charge on any atom is -0.324 e. The fraction of sp³-hybridized carbons (Fsp3) is 0.111. The summed E-state index contributed by atoms with van der Waals surface area (Å²) in [6.45, 7) is 0.190. The second-order valence-corrected chi connectivity index (χ2v) is 6.01. The van der Waals surface area contributed by atoms with Gasteiger partial charge in [0.15, 0.2) is 0 Å². The van der Waals surface area contributed by atoms with Gasteiger partial charge in [0.25, 0.3) is 10.0 Å². The van der Waals surface area contributed by atoms with Crippen LogP contribution in [-0.4, -0.2) is 18.6 Å². The van der Waals surface area contributed by atoms with Gasteiger partial charge < -0.3 is 5.73 Å². The largest absolute Gasteiger partial charge is 0.324 e. The van der Waals surface area contributed by atoms with Crippen molar-refractivity contribution < 1.29 is 12.8 Å². The van der Waals surface area contributed by atoms with Crippen molar-refractivity contribution in [2.24, 2.45) is 5.73 Å². The second kappa shape index (κ2) is 4.96. The van der Waals surface area contributed by atoms with E-state index in [1.54, 1.807) is 0 Å². The second-order valence-electron chi connectivity index (χ2n) is 3.26. The predicted molar refractivity (Wildman–Crippen MR) is 65.0 cm³/mol. The van der Waals surface area contributed by atoms with E-state index < -0.39 is 15.8 Å². The molecule has 2 aromatic rings. The molecule has 0 amide bonds. The first-order chi connectivity index (χ1) is 8.51. The van der Waals surface area contributed by atoms with Crippen LogP contribution >= 0.6 is 11.3 Å². The molecule has 0 aliphatic rings. The molecule has 0 unspecified atom stereocenters. The van der Waals surface area contributed by atoms with Crippen molar-refractivity contribution in [2.75, 3.05) is 4.72 Å². The number of halogens is 1. The molecule has 0 radical (unpaired) electrons. The van der Waals surface area contributed by atoms with Crippen LogP contribution in [0, 0.1) is 5.82 Å². The van der Waals surface area contributed by atoms with E-state index >= 15 is 0 Å². The molecule has 96 valence electrons. The van der Waals surface area contributed by atoms with Crippen molar-refractivity contribution >= 4 is 26.5 Å². The minimum absolute atomic E-state index is 0.0478. The van der Waals surface area contributed by atoms with Crippen LogP contribution in [0.25, 0.3) is 0 Å². The Labute approximate surface area is 107 Å². The number of sulfonamides is 1. The van der Waals surface area contributed by atoms with Crippen molar-refractivity contribution in [3.63, 3.8) is 0 Å². The summed E-state index contributed by atoms with van der Waals surface area (Å²) in [4.78, 5) is -0.0478. The van der Waals surface area contributed by atoms with Crippen LogP contribution in [0.5, 0.6) is 0 Å². The van der Waals surface area contributed by atoms with E-state index in [0.29, 0.717) is 5.01 Å². The SMILES string of the molecule is NCc1nnc(NS(=O)(=O)c2ccc(F)cc2)s1. The van der Waals surface area contributed by atoms with E-state index in [9.17, 15) is 12.8 Å². The summed E-state index contributed by atoms with van der Waals surface area (Å²) in [5.74, 6) is -0.504. The van der Waals surface area contributed by atoms with Crippen molar-refractivity contribution in [1.82, 2.24) is 10.2 Å². The third kappa shape index (κ3) is 2.81. The normalized spacial score (nSPS) is 11.4. The number of aromatic nitrogens is 2. The Morgan fingerprint density at radius 2 is 1.94 bits per heavy atom. The van der Waals surface area contributed by atoms with Gasteiger partial charge in [-0.15, -0.1) is 10.2 Å². The molecule has 1 aromatic carbocycles. The minimum atomic E-state index is -3.77. The number of anilines is 1. The van der Waals surface area contributed by atoms with Crippen LogP contribution in [0.4, 0.5) is 9.52 Å². The monoisotopic (exact) mass is 288 g/mol. The van der Waals surface area contributed by atoms with Gasteiger partial charge in [-0.05, 0) is 24.3 Å². The Kier molecular flexibility index (Phi) is 3.55. The number of nitrogens with zero attached hydrogens (tertiary/aromatic N) is 2. The highest BCUT2D eigenvalue weighted by molar-refractivity contribution is 7.93. The standard InChI is InChI=1S/C9H9FN4O2S2/c10-6-1-3-7(4-2-6)18(15,16)14-9-13-12-8(5-11)17-9/h1-4H,5,11H2,(H,13,14). The topological polar surface area (TPSA) is 98.0 Å². The molecular weight excluding hydrogens is 279 g/mol. The Hall–Kier alpha value is -1.58. The lowest BCUT2D eigenvalue weighted by Crippen LogP contribution is -2.12. The van der Waals surface area contributed by atoms with E-state index in [1.165, 1.54) is 12.1 Å². The summed E-state index contributed by atoms with van der Waals surface area (Å²) >= 11 is 1.05. The van der Waals surface area contributed by atoms with Crippen molar-refractivity contribution in [3.05, 3.63) is 35.1 Å². The molecule has 0 bridgehead atoms. The molecule has 1 aromatic heterocycles. The summed E-state index contributed by atoms with van der Waals surface area (Å²) in [5, 5.41) is 7.97. The average Bonchev–Trinajstić information content (AvgIpc) is 2.76. The van der Waals surface area contributed by atoms with Crippen LogP contribution in [0.1, 0.15) is 5.01 Å². The Bertz CT molecular complexity index is 639. The lowest BCUT2D eigenvalue weighted by atomic mass is 10.4. The summed E-state index contributed by atoms with van der Waals surface area (Å²) < 4.78 is 38.7. The lowest BCUT2D eigenvalue weighted by molar-refractivity contribution is 0.599. The summed E-state index contributed by atoms with van der Waals surface area (Å²) in [7, 11) is -3.77. The summed E-state index contributed by atoms with van der Waals surface area (Å²) in [6.07, 6.45) is 0. The van der Waals surface area contributed by atoms with Crippen LogP contribution in [0.3, 0.4) is 0 Å². The van der Waals surface area contributed by atoms with E-state index in [-0.39, 0.29) is 16.6 Å². The molecule has 0 saturated carbocycles. The molecule has 6 nitrogen and oxygen atoms in total. The molecule has 0 aliphatic heterocycles.